The van der Waals surface area contributed by atoms with Crippen LogP contribution in [-0.4, -0.2) is 24.7 Å². The summed E-state index contributed by atoms with van der Waals surface area (Å²) in [5, 5.41) is 9.44. The molecule has 0 aliphatic carbocycles. The minimum atomic E-state index is -0.363. The Morgan fingerprint density at radius 2 is 1.68 bits per heavy atom. The van der Waals surface area contributed by atoms with Crippen LogP contribution in [0.4, 0.5) is 14.7 Å². The molecule has 6 nitrogen and oxygen atoms in total. The molecular formula is C20H14F2N6. The number of nitrogen functional groups attached to an aromatic ring is 1. The molecule has 0 fully saturated rings. The lowest BCUT2D eigenvalue weighted by molar-refractivity contribution is 0.629. The van der Waals surface area contributed by atoms with E-state index in [4.69, 9.17) is 5.73 Å². The minimum absolute atomic E-state index is 0.00169. The van der Waals surface area contributed by atoms with Crippen molar-refractivity contribution in [3.8, 4) is 22.5 Å². The van der Waals surface area contributed by atoms with Crippen LogP contribution in [0.25, 0.3) is 44.3 Å². The van der Waals surface area contributed by atoms with Crippen LogP contribution in [0.15, 0.2) is 48.8 Å². The lowest BCUT2D eigenvalue weighted by Gasteiger charge is -2.07. The van der Waals surface area contributed by atoms with Gasteiger partial charge in [-0.05, 0) is 36.4 Å². The van der Waals surface area contributed by atoms with Crippen LogP contribution in [0.5, 0.6) is 0 Å². The van der Waals surface area contributed by atoms with Crippen molar-refractivity contribution >= 4 is 27.8 Å². The highest BCUT2D eigenvalue weighted by Gasteiger charge is 2.20. The fourth-order valence-electron chi connectivity index (χ4n) is 3.55. The molecule has 3 aromatic heterocycles. The maximum Gasteiger partial charge on any atom is 0.240 e. The summed E-state index contributed by atoms with van der Waals surface area (Å²) in [6.45, 7) is 0. The predicted molar refractivity (Wildman–Crippen MR) is 103 cm³/mol. The van der Waals surface area contributed by atoms with Crippen molar-refractivity contribution in [2.24, 2.45) is 7.05 Å². The number of nitrogens with zero attached hydrogens (tertiary/aromatic N) is 4. The van der Waals surface area contributed by atoms with Gasteiger partial charge in [0.1, 0.15) is 23.0 Å². The molecule has 0 radical (unpaired) electrons. The number of anilines is 1. The van der Waals surface area contributed by atoms with Crippen molar-refractivity contribution in [2.75, 3.05) is 5.73 Å². The highest BCUT2D eigenvalue weighted by Crippen LogP contribution is 2.37. The molecule has 0 saturated carbocycles. The highest BCUT2D eigenvalue weighted by molar-refractivity contribution is 6.02. The third-order valence-electron chi connectivity index (χ3n) is 4.81. The van der Waals surface area contributed by atoms with Gasteiger partial charge in [-0.1, -0.05) is 0 Å². The summed E-state index contributed by atoms with van der Waals surface area (Å²) in [5.41, 5.74) is 9.58. The maximum absolute atomic E-state index is 13.9. The molecule has 2 aromatic carbocycles. The molecule has 0 saturated heterocycles. The van der Waals surface area contributed by atoms with Crippen LogP contribution < -0.4 is 5.73 Å². The second-order valence-corrected chi connectivity index (χ2v) is 6.57. The molecule has 0 aliphatic heterocycles. The number of benzene rings is 2. The Balaban J connectivity index is 1.84. The van der Waals surface area contributed by atoms with E-state index in [1.807, 2.05) is 17.8 Å². The Bertz CT molecular complexity index is 1370. The Morgan fingerprint density at radius 1 is 0.929 bits per heavy atom. The molecule has 8 heteroatoms. The molecule has 0 bridgehead atoms. The van der Waals surface area contributed by atoms with Crippen molar-refractivity contribution in [1.82, 2.24) is 24.7 Å². The zero-order chi connectivity index (χ0) is 19.4. The van der Waals surface area contributed by atoms with Gasteiger partial charge in [0.2, 0.25) is 5.95 Å². The summed E-state index contributed by atoms with van der Waals surface area (Å²) in [5.74, 6) is -0.720. The molecule has 138 valence electrons. The lowest BCUT2D eigenvalue weighted by Crippen LogP contribution is -2.02. The number of halogens is 2. The van der Waals surface area contributed by atoms with E-state index in [-0.39, 0.29) is 17.6 Å². The summed E-state index contributed by atoms with van der Waals surface area (Å²) in [6.07, 6.45) is 3.56. The average molecular weight is 376 g/mol. The molecule has 3 N–H and O–H groups in total. The third kappa shape index (κ3) is 2.42. The Hall–Kier alpha value is -3.81. The number of nitrogens with two attached hydrogens (primary N) is 1. The van der Waals surface area contributed by atoms with Gasteiger partial charge >= 0.3 is 0 Å². The van der Waals surface area contributed by atoms with Crippen LogP contribution in [0.1, 0.15) is 0 Å². The number of H-pyrrole nitrogens is 1. The van der Waals surface area contributed by atoms with Crippen molar-refractivity contribution in [2.45, 2.75) is 0 Å². The standard InChI is InChI=1S/C20H14F2N6/c1-28-9-15(13-7-11(22)3-5-17(13)28)18-19(26-27-20(23)25-18)14-8-24-16-4-2-10(21)6-12(14)16/h2-9,24H,1H3,(H2,23,25,27). The summed E-state index contributed by atoms with van der Waals surface area (Å²) < 4.78 is 29.6. The van der Waals surface area contributed by atoms with Crippen molar-refractivity contribution in [1.29, 1.82) is 0 Å². The van der Waals surface area contributed by atoms with E-state index in [2.05, 4.69) is 20.2 Å². The summed E-state index contributed by atoms with van der Waals surface area (Å²) in [4.78, 5) is 7.48. The van der Waals surface area contributed by atoms with E-state index in [1.165, 1.54) is 24.3 Å². The first-order valence-corrected chi connectivity index (χ1v) is 8.53. The van der Waals surface area contributed by atoms with Crippen molar-refractivity contribution in [3.05, 3.63) is 60.4 Å². The van der Waals surface area contributed by atoms with Crippen LogP contribution in [0.2, 0.25) is 0 Å². The summed E-state index contributed by atoms with van der Waals surface area (Å²) in [6, 6.07) is 9.01. The number of nitrogens with one attached hydrogen (secondary N) is 1. The Labute approximate surface area is 157 Å². The van der Waals surface area contributed by atoms with Crippen molar-refractivity contribution < 1.29 is 8.78 Å². The first-order valence-electron chi connectivity index (χ1n) is 8.53. The molecule has 0 spiro atoms. The number of hydrogen-bond donors (Lipinski definition) is 2. The predicted octanol–water partition coefficient (Wildman–Crippen LogP) is 4.04. The molecule has 0 amide bonds. The van der Waals surface area contributed by atoms with Crippen molar-refractivity contribution in [3.63, 3.8) is 0 Å². The van der Waals surface area contributed by atoms with Gasteiger partial charge in [-0.25, -0.2) is 13.8 Å². The van der Waals surface area contributed by atoms with E-state index in [1.54, 1.807) is 18.3 Å². The lowest BCUT2D eigenvalue weighted by atomic mass is 10.0. The topological polar surface area (TPSA) is 85.4 Å². The van der Waals surface area contributed by atoms with E-state index in [0.29, 0.717) is 33.3 Å². The molecule has 3 heterocycles. The van der Waals surface area contributed by atoms with E-state index in [9.17, 15) is 8.78 Å². The van der Waals surface area contributed by atoms with Crippen LogP contribution in [0.3, 0.4) is 0 Å². The number of fused-ring (bicyclic) bond motifs is 2. The number of hydrogen-bond acceptors (Lipinski definition) is 4. The SMILES string of the molecule is Cn1cc(-c2nc(N)nnc2-c2c[nH]c3ccc(F)cc23)c2cc(F)ccc21. The van der Waals surface area contributed by atoms with E-state index >= 15 is 0 Å². The quantitative estimate of drug-likeness (QED) is 0.487. The molecule has 28 heavy (non-hydrogen) atoms. The number of aryl methyl sites for hydroxylation is 1. The van der Waals surface area contributed by atoms with Crippen LogP contribution in [0, 0.1) is 11.6 Å². The second-order valence-electron chi connectivity index (χ2n) is 6.57. The Kier molecular flexibility index (Phi) is 3.42. The normalized spacial score (nSPS) is 11.5. The van der Waals surface area contributed by atoms with Crippen LogP contribution in [-0.2, 0) is 7.05 Å². The number of aromatic amines is 1. The zero-order valence-corrected chi connectivity index (χ0v) is 14.7. The van der Waals surface area contributed by atoms with E-state index < -0.39 is 0 Å². The average Bonchev–Trinajstić information content (AvgIpc) is 3.22. The third-order valence-corrected chi connectivity index (χ3v) is 4.81. The fourth-order valence-corrected chi connectivity index (χ4v) is 3.55. The van der Waals surface area contributed by atoms with Gasteiger partial charge in [0.15, 0.2) is 0 Å². The maximum atomic E-state index is 13.9. The first-order chi connectivity index (χ1) is 13.5. The first kappa shape index (κ1) is 16.4. The van der Waals surface area contributed by atoms with Gasteiger partial charge < -0.3 is 15.3 Å². The second kappa shape index (κ2) is 5.85. The van der Waals surface area contributed by atoms with Gasteiger partial charge in [-0.3, -0.25) is 0 Å². The largest absolute Gasteiger partial charge is 0.366 e. The number of rotatable bonds is 2. The van der Waals surface area contributed by atoms with E-state index in [0.717, 1.165) is 11.0 Å². The molecule has 0 aliphatic rings. The molecule has 5 aromatic rings. The van der Waals surface area contributed by atoms with Gasteiger partial charge in [0.05, 0.1) is 0 Å². The monoisotopic (exact) mass is 376 g/mol. The zero-order valence-electron chi connectivity index (χ0n) is 14.7. The fraction of sp³-hybridized carbons (Fsp3) is 0.0500. The molecule has 5 rings (SSSR count). The van der Waals surface area contributed by atoms with Gasteiger partial charge in [-0.15, -0.1) is 10.2 Å². The molecule has 0 unspecified atom stereocenters. The molecular weight excluding hydrogens is 362 g/mol. The smallest absolute Gasteiger partial charge is 0.240 e. The molecule has 0 atom stereocenters. The number of aromatic nitrogens is 5. The van der Waals surface area contributed by atoms with Crippen LogP contribution >= 0.6 is 0 Å². The van der Waals surface area contributed by atoms with Gasteiger partial charge in [0, 0.05) is 52.4 Å². The summed E-state index contributed by atoms with van der Waals surface area (Å²) >= 11 is 0. The summed E-state index contributed by atoms with van der Waals surface area (Å²) in [7, 11) is 1.86. The van der Waals surface area contributed by atoms with Gasteiger partial charge in [-0.2, -0.15) is 0 Å². The van der Waals surface area contributed by atoms with Gasteiger partial charge in [0.25, 0.3) is 0 Å². The highest BCUT2D eigenvalue weighted by atomic mass is 19.1. The Morgan fingerprint density at radius 3 is 2.50 bits per heavy atom. The minimum Gasteiger partial charge on any atom is -0.366 e.